The van der Waals surface area contributed by atoms with Gasteiger partial charge in [-0.3, -0.25) is 0 Å². The number of rotatable bonds is 3. The second kappa shape index (κ2) is 5.44. The van der Waals surface area contributed by atoms with Crippen LogP contribution in [0.3, 0.4) is 0 Å². The molecule has 0 aliphatic rings. The van der Waals surface area contributed by atoms with Gasteiger partial charge in [0, 0.05) is 17.3 Å². The van der Waals surface area contributed by atoms with Gasteiger partial charge < -0.3 is 5.73 Å². The van der Waals surface area contributed by atoms with Gasteiger partial charge in [-0.2, -0.15) is 0 Å². The Morgan fingerprint density at radius 2 is 2.06 bits per heavy atom. The Hall–Kier alpha value is -1.49. The lowest BCUT2D eigenvalue weighted by Gasteiger charge is -2.06. The van der Waals surface area contributed by atoms with Crippen molar-refractivity contribution in [2.24, 2.45) is 0 Å². The van der Waals surface area contributed by atoms with E-state index in [-0.39, 0.29) is 5.82 Å². The van der Waals surface area contributed by atoms with Crippen LogP contribution in [-0.2, 0) is 6.42 Å². The molecule has 0 aliphatic heterocycles. The number of aryl methyl sites for hydroxylation is 1. The molecule has 18 heavy (non-hydrogen) atoms. The first-order valence-electron chi connectivity index (χ1n) is 5.69. The van der Waals surface area contributed by atoms with Crippen LogP contribution in [0.25, 0.3) is 11.4 Å². The molecule has 94 valence electrons. The van der Waals surface area contributed by atoms with E-state index in [2.05, 4.69) is 32.8 Å². The third-order valence-electron chi connectivity index (χ3n) is 2.48. The molecule has 1 aromatic carbocycles. The third kappa shape index (κ3) is 2.85. The molecule has 0 unspecified atom stereocenters. The molecule has 0 atom stereocenters. The molecule has 0 amide bonds. The smallest absolute Gasteiger partial charge is 0.161 e. The monoisotopic (exact) mass is 309 g/mol. The average molecular weight is 310 g/mol. The van der Waals surface area contributed by atoms with E-state index < -0.39 is 0 Å². The molecule has 0 fully saturated rings. The minimum Gasteiger partial charge on any atom is -0.384 e. The van der Waals surface area contributed by atoms with E-state index in [0.717, 1.165) is 18.5 Å². The third-order valence-corrected chi connectivity index (χ3v) is 3.13. The Labute approximate surface area is 113 Å². The summed E-state index contributed by atoms with van der Waals surface area (Å²) in [4.78, 5) is 8.53. The molecule has 0 aliphatic carbocycles. The molecule has 1 heterocycles. The minimum absolute atomic E-state index is 0.337. The number of anilines is 1. The Morgan fingerprint density at radius 1 is 1.28 bits per heavy atom. The number of benzene rings is 1. The number of halogens is 2. The van der Waals surface area contributed by atoms with Gasteiger partial charge in [-0.15, -0.1) is 0 Å². The first-order valence-corrected chi connectivity index (χ1v) is 6.48. The summed E-state index contributed by atoms with van der Waals surface area (Å²) in [6, 6.07) is 6.55. The number of hydrogen-bond acceptors (Lipinski definition) is 3. The molecule has 3 nitrogen and oxygen atoms in total. The lowest BCUT2D eigenvalue weighted by molar-refractivity contribution is 0.621. The molecule has 0 radical (unpaired) electrons. The molecule has 0 saturated carbocycles. The Balaban J connectivity index is 2.46. The number of nitrogen functional groups attached to an aromatic ring is 1. The number of hydrogen-bond donors (Lipinski definition) is 1. The summed E-state index contributed by atoms with van der Waals surface area (Å²) >= 11 is 3.12. The lowest BCUT2D eigenvalue weighted by atomic mass is 10.2. The van der Waals surface area contributed by atoms with Crippen LogP contribution in [0.1, 0.15) is 19.0 Å². The zero-order valence-electron chi connectivity index (χ0n) is 9.95. The van der Waals surface area contributed by atoms with Crippen molar-refractivity contribution in [2.75, 3.05) is 5.73 Å². The fraction of sp³-hybridized carbons (Fsp3) is 0.231. The second-order valence-electron chi connectivity index (χ2n) is 3.99. The number of nitrogens with two attached hydrogens (primary N) is 1. The zero-order chi connectivity index (χ0) is 13.1. The second-order valence-corrected chi connectivity index (χ2v) is 4.84. The van der Waals surface area contributed by atoms with Crippen LogP contribution in [0.5, 0.6) is 0 Å². The van der Waals surface area contributed by atoms with Crippen molar-refractivity contribution in [3.05, 3.63) is 40.2 Å². The van der Waals surface area contributed by atoms with Gasteiger partial charge in [-0.1, -0.05) is 13.3 Å². The molecule has 2 aromatic rings. The van der Waals surface area contributed by atoms with E-state index in [0.29, 0.717) is 21.7 Å². The highest BCUT2D eigenvalue weighted by molar-refractivity contribution is 9.10. The van der Waals surface area contributed by atoms with Crippen LogP contribution in [0.15, 0.2) is 28.7 Å². The molecule has 0 spiro atoms. The largest absolute Gasteiger partial charge is 0.384 e. The molecule has 2 N–H and O–H groups in total. The molecular weight excluding hydrogens is 297 g/mol. The quantitative estimate of drug-likeness (QED) is 0.942. The summed E-state index contributed by atoms with van der Waals surface area (Å²) in [5, 5.41) is 0. The maximum atomic E-state index is 13.5. The van der Waals surface area contributed by atoms with Crippen LogP contribution in [0.4, 0.5) is 10.2 Å². The molecule has 0 bridgehead atoms. The van der Waals surface area contributed by atoms with Gasteiger partial charge in [-0.05, 0) is 40.5 Å². The highest BCUT2D eigenvalue weighted by atomic mass is 79.9. The molecule has 1 aromatic heterocycles. The van der Waals surface area contributed by atoms with Crippen molar-refractivity contribution in [1.82, 2.24) is 9.97 Å². The van der Waals surface area contributed by atoms with Crippen molar-refractivity contribution in [3.8, 4) is 11.4 Å². The molecular formula is C13H13BrFN3. The van der Waals surface area contributed by atoms with Gasteiger partial charge in [0.1, 0.15) is 11.6 Å². The van der Waals surface area contributed by atoms with Gasteiger partial charge in [0.05, 0.1) is 4.47 Å². The van der Waals surface area contributed by atoms with Gasteiger partial charge in [0.25, 0.3) is 0 Å². The van der Waals surface area contributed by atoms with Crippen LogP contribution in [0.2, 0.25) is 0 Å². The van der Waals surface area contributed by atoms with Crippen molar-refractivity contribution in [2.45, 2.75) is 19.8 Å². The average Bonchev–Trinajstić information content (AvgIpc) is 2.32. The summed E-state index contributed by atoms with van der Waals surface area (Å²) in [6.07, 6.45) is 1.81. The van der Waals surface area contributed by atoms with Gasteiger partial charge in [0.15, 0.2) is 5.82 Å². The van der Waals surface area contributed by atoms with Crippen molar-refractivity contribution >= 4 is 21.7 Å². The van der Waals surface area contributed by atoms with Crippen molar-refractivity contribution < 1.29 is 4.39 Å². The van der Waals surface area contributed by atoms with Gasteiger partial charge in [-0.25, -0.2) is 14.4 Å². The van der Waals surface area contributed by atoms with Crippen LogP contribution in [-0.4, -0.2) is 9.97 Å². The fourth-order valence-corrected chi connectivity index (χ4v) is 1.91. The molecule has 2 rings (SSSR count). The van der Waals surface area contributed by atoms with E-state index in [1.165, 1.54) is 6.07 Å². The highest BCUT2D eigenvalue weighted by Gasteiger charge is 2.08. The topological polar surface area (TPSA) is 51.8 Å². The summed E-state index contributed by atoms with van der Waals surface area (Å²) < 4.78 is 13.9. The molecule has 5 heteroatoms. The zero-order valence-corrected chi connectivity index (χ0v) is 11.5. The van der Waals surface area contributed by atoms with E-state index >= 15 is 0 Å². The van der Waals surface area contributed by atoms with Crippen LogP contribution >= 0.6 is 15.9 Å². The van der Waals surface area contributed by atoms with Crippen molar-refractivity contribution in [1.29, 1.82) is 0 Å². The fourth-order valence-electron chi connectivity index (χ4n) is 1.67. The first kappa shape index (κ1) is 13.0. The van der Waals surface area contributed by atoms with E-state index in [1.54, 1.807) is 18.2 Å². The van der Waals surface area contributed by atoms with Crippen molar-refractivity contribution in [3.63, 3.8) is 0 Å². The van der Waals surface area contributed by atoms with E-state index in [4.69, 9.17) is 5.73 Å². The number of nitrogens with zero attached hydrogens (tertiary/aromatic N) is 2. The Morgan fingerprint density at radius 3 is 2.72 bits per heavy atom. The number of aromatic nitrogens is 2. The normalized spacial score (nSPS) is 10.6. The maximum absolute atomic E-state index is 13.5. The lowest BCUT2D eigenvalue weighted by Crippen LogP contribution is -2.00. The van der Waals surface area contributed by atoms with Gasteiger partial charge in [0.2, 0.25) is 0 Å². The predicted octanol–water partition coefficient (Wildman–Crippen LogP) is 3.58. The standard InChI is InChI=1S/C13H13BrFN3/c1-2-3-9-7-12(16)18-13(17-9)8-4-5-10(14)11(15)6-8/h4-7H,2-3H2,1H3,(H2,16,17,18). The Bertz CT molecular complexity index is 572. The van der Waals surface area contributed by atoms with E-state index in [1.807, 2.05) is 0 Å². The highest BCUT2D eigenvalue weighted by Crippen LogP contribution is 2.23. The first-order chi connectivity index (χ1) is 8.60. The van der Waals surface area contributed by atoms with Gasteiger partial charge >= 0.3 is 0 Å². The minimum atomic E-state index is -0.337. The predicted molar refractivity (Wildman–Crippen MR) is 73.5 cm³/mol. The Kier molecular flexibility index (Phi) is 3.91. The summed E-state index contributed by atoms with van der Waals surface area (Å²) in [5.74, 6) is 0.534. The van der Waals surface area contributed by atoms with Crippen LogP contribution in [0, 0.1) is 5.82 Å². The summed E-state index contributed by atoms with van der Waals surface area (Å²) in [7, 11) is 0. The summed E-state index contributed by atoms with van der Waals surface area (Å²) in [6.45, 7) is 2.07. The SMILES string of the molecule is CCCc1cc(N)nc(-c2ccc(Br)c(F)c2)n1. The summed E-state index contributed by atoms with van der Waals surface area (Å²) in [5.41, 5.74) is 7.24. The van der Waals surface area contributed by atoms with E-state index in [9.17, 15) is 4.39 Å². The van der Waals surface area contributed by atoms with Crippen LogP contribution < -0.4 is 5.73 Å². The molecule has 0 saturated heterocycles. The maximum Gasteiger partial charge on any atom is 0.161 e.